The second-order valence-corrected chi connectivity index (χ2v) is 10.9. The molecule has 208 valence electrons. The van der Waals surface area contributed by atoms with Crippen molar-refractivity contribution in [2.75, 3.05) is 20.3 Å². The molecule has 0 radical (unpaired) electrons. The fourth-order valence-electron chi connectivity index (χ4n) is 4.26. The van der Waals surface area contributed by atoms with Crippen LogP contribution in [0, 0.1) is 0 Å². The second-order valence-electron chi connectivity index (χ2n) is 9.08. The van der Waals surface area contributed by atoms with Gasteiger partial charge in [-0.3, -0.25) is 14.1 Å². The number of amides is 1. The number of ether oxygens (including phenoxy) is 3. The number of carbonyl (C=O) groups excluding carboxylic acids is 2. The summed E-state index contributed by atoms with van der Waals surface area (Å²) in [5.41, 5.74) is 0. The van der Waals surface area contributed by atoms with Gasteiger partial charge in [-0.25, -0.2) is 4.57 Å². The molecule has 7 atom stereocenters. The minimum atomic E-state index is -4.46. The third-order valence-electron chi connectivity index (χ3n) is 5.94. The SMILES string of the molecule is COc1ccc(OP(=O)(O[C@H]2[C@H](O)[C@@H](NC(C)=O)C(O)O[C@@H]2CO)N2CCC[C@H]2C(=O)OC(C)C)cc1. The van der Waals surface area contributed by atoms with E-state index in [2.05, 4.69) is 5.32 Å². The Labute approximate surface area is 215 Å². The zero-order chi connectivity index (χ0) is 27.3. The van der Waals surface area contributed by atoms with E-state index in [1.54, 1.807) is 26.0 Å². The summed E-state index contributed by atoms with van der Waals surface area (Å²) in [5, 5.41) is 33.5. The highest BCUT2D eigenvalue weighted by atomic mass is 31.2. The third kappa shape index (κ3) is 6.99. The molecule has 2 saturated heterocycles. The summed E-state index contributed by atoms with van der Waals surface area (Å²) < 4.78 is 43.3. The number of carbonyl (C=O) groups is 2. The Morgan fingerprint density at radius 3 is 2.43 bits per heavy atom. The molecule has 3 rings (SSSR count). The maximum atomic E-state index is 14.5. The number of hydrogen-bond donors (Lipinski definition) is 4. The van der Waals surface area contributed by atoms with Crippen LogP contribution in [0.15, 0.2) is 24.3 Å². The molecule has 2 unspecified atom stereocenters. The van der Waals surface area contributed by atoms with Gasteiger partial charge < -0.3 is 39.4 Å². The molecular weight excluding hydrogens is 511 g/mol. The maximum Gasteiger partial charge on any atom is 0.462 e. The fraction of sp³-hybridized carbons (Fsp3) is 0.652. The van der Waals surface area contributed by atoms with Gasteiger partial charge in [0.15, 0.2) is 6.29 Å². The van der Waals surface area contributed by atoms with Crippen LogP contribution in [0.5, 0.6) is 11.5 Å². The van der Waals surface area contributed by atoms with Gasteiger partial charge in [-0.05, 0) is 51.0 Å². The van der Waals surface area contributed by atoms with Crippen molar-refractivity contribution in [1.29, 1.82) is 0 Å². The van der Waals surface area contributed by atoms with Crippen molar-refractivity contribution in [1.82, 2.24) is 9.99 Å². The zero-order valence-corrected chi connectivity index (χ0v) is 22.1. The lowest BCUT2D eigenvalue weighted by Crippen LogP contribution is -2.64. The highest BCUT2D eigenvalue weighted by Gasteiger charge is 2.53. The topological polar surface area (TPSA) is 173 Å². The highest BCUT2D eigenvalue weighted by Crippen LogP contribution is 2.57. The first-order valence-electron chi connectivity index (χ1n) is 12.0. The average molecular weight is 547 g/mol. The Balaban J connectivity index is 1.98. The maximum absolute atomic E-state index is 14.5. The molecule has 0 spiro atoms. The van der Waals surface area contributed by atoms with E-state index in [4.69, 9.17) is 23.3 Å². The number of nitrogens with one attached hydrogen (secondary N) is 1. The molecule has 2 aliphatic heterocycles. The van der Waals surface area contributed by atoms with Gasteiger partial charge in [0.25, 0.3) is 0 Å². The molecule has 2 heterocycles. The lowest BCUT2D eigenvalue weighted by Gasteiger charge is -2.43. The molecule has 13 nitrogen and oxygen atoms in total. The van der Waals surface area contributed by atoms with Crippen molar-refractivity contribution < 1.29 is 52.7 Å². The molecule has 4 N–H and O–H groups in total. The highest BCUT2D eigenvalue weighted by molar-refractivity contribution is 7.51. The average Bonchev–Trinajstić information content (AvgIpc) is 3.35. The van der Waals surface area contributed by atoms with E-state index in [0.29, 0.717) is 18.6 Å². The lowest BCUT2D eigenvalue weighted by molar-refractivity contribution is -0.250. The molecule has 0 aromatic heterocycles. The van der Waals surface area contributed by atoms with Crippen molar-refractivity contribution in [3.63, 3.8) is 0 Å². The molecule has 1 aromatic rings. The Morgan fingerprint density at radius 2 is 1.86 bits per heavy atom. The van der Waals surface area contributed by atoms with Gasteiger partial charge in [0.2, 0.25) is 5.91 Å². The number of nitrogens with zero attached hydrogens (tertiary/aromatic N) is 1. The Bertz CT molecular complexity index is 976. The summed E-state index contributed by atoms with van der Waals surface area (Å²) in [4.78, 5) is 24.5. The number of methoxy groups -OCH3 is 1. The summed E-state index contributed by atoms with van der Waals surface area (Å²) in [6.45, 7) is 4.00. The smallest absolute Gasteiger partial charge is 0.462 e. The van der Waals surface area contributed by atoms with E-state index in [1.165, 1.54) is 30.8 Å². The van der Waals surface area contributed by atoms with Gasteiger partial charge in [0.05, 0.1) is 19.8 Å². The molecule has 0 saturated carbocycles. The second kappa shape index (κ2) is 12.5. The Morgan fingerprint density at radius 1 is 1.22 bits per heavy atom. The van der Waals surface area contributed by atoms with Crippen LogP contribution in [-0.4, -0.2) is 94.9 Å². The Kier molecular flexibility index (Phi) is 9.92. The number of aliphatic hydroxyl groups excluding tert-OH is 3. The van der Waals surface area contributed by atoms with Gasteiger partial charge in [-0.15, -0.1) is 0 Å². The summed E-state index contributed by atoms with van der Waals surface area (Å²) >= 11 is 0. The molecule has 37 heavy (non-hydrogen) atoms. The number of aliphatic hydroxyl groups is 3. The van der Waals surface area contributed by atoms with Crippen LogP contribution in [0.4, 0.5) is 0 Å². The van der Waals surface area contributed by atoms with Crippen molar-refractivity contribution >= 4 is 19.6 Å². The van der Waals surface area contributed by atoms with E-state index in [1.807, 2.05) is 0 Å². The first-order valence-corrected chi connectivity index (χ1v) is 13.5. The van der Waals surface area contributed by atoms with Crippen molar-refractivity contribution in [3.8, 4) is 11.5 Å². The number of esters is 1. The van der Waals surface area contributed by atoms with Crippen LogP contribution in [0.25, 0.3) is 0 Å². The van der Waals surface area contributed by atoms with Gasteiger partial charge in [0, 0.05) is 13.5 Å². The molecule has 2 fully saturated rings. The van der Waals surface area contributed by atoms with Gasteiger partial charge in [-0.2, -0.15) is 4.67 Å². The molecule has 1 amide bonds. The largest absolute Gasteiger partial charge is 0.497 e. The summed E-state index contributed by atoms with van der Waals surface area (Å²) in [7, 11) is -2.97. The molecule has 1 aromatic carbocycles. The van der Waals surface area contributed by atoms with Crippen molar-refractivity contribution in [2.45, 2.75) is 76.4 Å². The first kappa shape index (κ1) is 29.3. The number of rotatable bonds is 10. The summed E-state index contributed by atoms with van der Waals surface area (Å²) in [6, 6.07) is 3.83. The number of hydrogen-bond acceptors (Lipinski definition) is 11. The van der Waals surface area contributed by atoms with E-state index in [-0.39, 0.29) is 12.3 Å². The molecule has 2 aliphatic rings. The lowest BCUT2D eigenvalue weighted by atomic mass is 9.97. The fourth-order valence-corrected chi connectivity index (χ4v) is 6.42. The van der Waals surface area contributed by atoms with Crippen LogP contribution in [0.2, 0.25) is 0 Å². The minimum absolute atomic E-state index is 0.122. The first-order chi connectivity index (χ1) is 17.5. The van der Waals surface area contributed by atoms with Crippen LogP contribution >= 0.6 is 7.75 Å². The number of benzene rings is 1. The molecule has 0 aliphatic carbocycles. The van der Waals surface area contributed by atoms with E-state index in [0.717, 1.165) is 0 Å². The predicted molar refractivity (Wildman–Crippen MR) is 129 cm³/mol. The predicted octanol–water partition coefficient (Wildman–Crippen LogP) is 0.558. The van der Waals surface area contributed by atoms with Gasteiger partial charge in [-0.1, -0.05) is 0 Å². The molecular formula is C23H35N2O11P. The van der Waals surface area contributed by atoms with Crippen molar-refractivity contribution in [3.05, 3.63) is 24.3 Å². The summed E-state index contributed by atoms with van der Waals surface area (Å²) in [5.74, 6) is -0.537. The van der Waals surface area contributed by atoms with Crippen LogP contribution in [0.1, 0.15) is 33.6 Å². The van der Waals surface area contributed by atoms with E-state index < -0.39 is 69.0 Å². The van der Waals surface area contributed by atoms with Crippen molar-refractivity contribution in [2.24, 2.45) is 0 Å². The van der Waals surface area contributed by atoms with Crippen LogP contribution in [-0.2, 0) is 28.2 Å². The molecule has 14 heteroatoms. The monoisotopic (exact) mass is 546 g/mol. The quantitative estimate of drug-likeness (QED) is 0.238. The Hall–Kier alpha value is -2.25. The zero-order valence-electron chi connectivity index (χ0n) is 21.2. The van der Waals surface area contributed by atoms with Gasteiger partial charge >= 0.3 is 13.7 Å². The minimum Gasteiger partial charge on any atom is -0.497 e. The van der Waals surface area contributed by atoms with E-state index in [9.17, 15) is 29.5 Å². The normalized spacial score (nSPS) is 29.9. The van der Waals surface area contributed by atoms with E-state index >= 15 is 0 Å². The van der Waals surface area contributed by atoms with Crippen LogP contribution in [0.3, 0.4) is 0 Å². The third-order valence-corrected chi connectivity index (χ3v) is 8.00. The summed E-state index contributed by atoms with van der Waals surface area (Å²) in [6.07, 6.45) is -5.77. The van der Waals surface area contributed by atoms with Gasteiger partial charge in [0.1, 0.15) is 41.9 Å². The molecule has 0 bridgehead atoms. The standard InChI is InChI=1S/C23H35N2O11P/c1-13(2)33-22(29)17-6-5-11-25(17)37(31,35-16-9-7-15(32-4)8-10-16)36-21-18(12-26)34-23(30)19(20(21)28)24-14(3)27/h7-10,13,17-21,23,26,28,30H,5-6,11-12H2,1-4H3,(H,24,27)/t17-,18+,19+,20+,21+,23?,37?/m0/s1. The van der Waals surface area contributed by atoms with Crippen LogP contribution < -0.4 is 14.6 Å².